The summed E-state index contributed by atoms with van der Waals surface area (Å²) in [5.74, 6) is 2.63. The van der Waals surface area contributed by atoms with Crippen molar-refractivity contribution in [2.45, 2.75) is 39.0 Å². The summed E-state index contributed by atoms with van der Waals surface area (Å²) in [6.45, 7) is 2.71. The molecule has 0 spiro atoms. The molecule has 0 amide bonds. The Kier molecular flexibility index (Phi) is 5.66. The van der Waals surface area contributed by atoms with Crippen molar-refractivity contribution in [3.63, 3.8) is 0 Å². The summed E-state index contributed by atoms with van der Waals surface area (Å²) in [4.78, 5) is 9.26. The molecule has 1 aromatic carbocycles. The van der Waals surface area contributed by atoms with Crippen molar-refractivity contribution in [3.8, 4) is 11.3 Å². The van der Waals surface area contributed by atoms with Crippen molar-refractivity contribution in [1.82, 2.24) is 15.1 Å². The van der Waals surface area contributed by atoms with E-state index in [0.29, 0.717) is 11.8 Å². The van der Waals surface area contributed by atoms with Crippen LogP contribution in [-0.2, 0) is 0 Å². The zero-order chi connectivity index (χ0) is 19.2. The van der Waals surface area contributed by atoms with Gasteiger partial charge in [-0.15, -0.1) is 0 Å². The SMILES string of the molecule is Cc1cc(Nc2nc(NCCC3=CCCCC3)cc(-c3ccccc3)n2)no1. The highest BCUT2D eigenvalue weighted by Gasteiger charge is 2.10. The first-order chi connectivity index (χ1) is 13.8. The third kappa shape index (κ3) is 4.76. The van der Waals surface area contributed by atoms with Gasteiger partial charge in [-0.3, -0.25) is 0 Å². The monoisotopic (exact) mass is 375 g/mol. The minimum absolute atomic E-state index is 0.494. The van der Waals surface area contributed by atoms with E-state index in [0.717, 1.165) is 35.8 Å². The average Bonchev–Trinajstić information content (AvgIpc) is 3.14. The number of hydrogen-bond donors (Lipinski definition) is 2. The van der Waals surface area contributed by atoms with Gasteiger partial charge in [0.25, 0.3) is 0 Å². The molecule has 0 aliphatic heterocycles. The first-order valence-corrected chi connectivity index (χ1v) is 9.83. The second kappa shape index (κ2) is 8.69. The van der Waals surface area contributed by atoms with Crippen LogP contribution in [0.15, 0.2) is 58.6 Å². The summed E-state index contributed by atoms with van der Waals surface area (Å²) in [7, 11) is 0. The lowest BCUT2D eigenvalue weighted by molar-refractivity contribution is 0.400. The van der Waals surface area contributed by atoms with E-state index in [2.05, 4.69) is 31.8 Å². The van der Waals surface area contributed by atoms with Crippen molar-refractivity contribution in [2.24, 2.45) is 0 Å². The van der Waals surface area contributed by atoms with Crippen LogP contribution in [0.3, 0.4) is 0 Å². The van der Waals surface area contributed by atoms with E-state index in [1.807, 2.05) is 49.4 Å². The summed E-state index contributed by atoms with van der Waals surface area (Å²) < 4.78 is 5.12. The maximum absolute atomic E-state index is 5.12. The molecule has 0 saturated carbocycles. The molecule has 0 radical (unpaired) electrons. The standard InChI is InChI=1S/C22H25N5O/c1-16-14-21(27-28-16)26-22-24-19(18-10-6-3-7-11-18)15-20(25-22)23-13-12-17-8-4-2-5-9-17/h3,6-8,10-11,14-15H,2,4-5,9,12-13H2,1H3,(H2,23,24,25,26,27). The predicted molar refractivity (Wildman–Crippen MR) is 112 cm³/mol. The Bertz CT molecular complexity index is 949. The molecule has 3 aromatic rings. The van der Waals surface area contributed by atoms with Crippen LogP contribution in [0.5, 0.6) is 0 Å². The second-order valence-corrected chi connectivity index (χ2v) is 7.06. The second-order valence-electron chi connectivity index (χ2n) is 7.06. The Morgan fingerprint density at radius 2 is 1.93 bits per heavy atom. The number of aromatic nitrogens is 3. The molecule has 0 bridgehead atoms. The molecule has 0 saturated heterocycles. The molecule has 0 unspecified atom stereocenters. The van der Waals surface area contributed by atoms with Crippen molar-refractivity contribution in [1.29, 1.82) is 0 Å². The van der Waals surface area contributed by atoms with Crippen LogP contribution in [0, 0.1) is 6.92 Å². The van der Waals surface area contributed by atoms with Gasteiger partial charge in [-0.2, -0.15) is 4.98 Å². The van der Waals surface area contributed by atoms with Crippen LogP contribution in [0.1, 0.15) is 37.9 Å². The van der Waals surface area contributed by atoms with Gasteiger partial charge < -0.3 is 15.2 Å². The third-order valence-electron chi connectivity index (χ3n) is 4.80. The van der Waals surface area contributed by atoms with Gasteiger partial charge in [-0.05, 0) is 39.0 Å². The largest absolute Gasteiger partial charge is 0.370 e. The molecule has 2 heterocycles. The summed E-state index contributed by atoms with van der Waals surface area (Å²) >= 11 is 0. The first kappa shape index (κ1) is 18.2. The molecule has 6 heteroatoms. The Hall–Kier alpha value is -3.15. The molecule has 28 heavy (non-hydrogen) atoms. The Labute approximate surface area is 165 Å². The molecule has 144 valence electrons. The van der Waals surface area contributed by atoms with E-state index in [1.54, 1.807) is 5.57 Å². The summed E-state index contributed by atoms with van der Waals surface area (Å²) in [5.41, 5.74) is 3.45. The van der Waals surface area contributed by atoms with Gasteiger partial charge in [-0.1, -0.05) is 47.1 Å². The Morgan fingerprint density at radius 3 is 2.68 bits per heavy atom. The van der Waals surface area contributed by atoms with Crippen molar-refractivity contribution in [3.05, 3.63) is 59.9 Å². The number of hydrogen-bond acceptors (Lipinski definition) is 6. The Morgan fingerprint density at radius 1 is 1.04 bits per heavy atom. The summed E-state index contributed by atoms with van der Waals surface area (Å²) in [6.07, 6.45) is 8.50. The molecular weight excluding hydrogens is 350 g/mol. The highest BCUT2D eigenvalue weighted by Crippen LogP contribution is 2.24. The van der Waals surface area contributed by atoms with Crippen LogP contribution < -0.4 is 10.6 Å². The molecule has 1 aliphatic carbocycles. The smallest absolute Gasteiger partial charge is 0.231 e. The van der Waals surface area contributed by atoms with E-state index in [4.69, 9.17) is 4.52 Å². The van der Waals surface area contributed by atoms with Gasteiger partial charge in [0.05, 0.1) is 5.69 Å². The molecule has 1 aliphatic rings. The minimum atomic E-state index is 0.494. The van der Waals surface area contributed by atoms with Gasteiger partial charge in [0, 0.05) is 24.2 Å². The molecule has 0 fully saturated rings. The van der Waals surface area contributed by atoms with Crippen molar-refractivity contribution >= 4 is 17.6 Å². The zero-order valence-electron chi connectivity index (χ0n) is 16.1. The lowest BCUT2D eigenvalue weighted by Crippen LogP contribution is -2.08. The maximum atomic E-state index is 5.12. The number of rotatable bonds is 7. The van der Waals surface area contributed by atoms with Gasteiger partial charge in [0.2, 0.25) is 5.95 Å². The lowest BCUT2D eigenvalue weighted by Gasteiger charge is -2.14. The zero-order valence-corrected chi connectivity index (χ0v) is 16.1. The number of aryl methyl sites for hydroxylation is 1. The minimum Gasteiger partial charge on any atom is -0.370 e. The number of nitrogens with one attached hydrogen (secondary N) is 2. The average molecular weight is 375 g/mol. The maximum Gasteiger partial charge on any atom is 0.231 e. The molecule has 0 atom stereocenters. The van der Waals surface area contributed by atoms with Gasteiger partial charge in [0.15, 0.2) is 5.82 Å². The molecule has 2 aromatic heterocycles. The van der Waals surface area contributed by atoms with Crippen LogP contribution >= 0.6 is 0 Å². The van der Waals surface area contributed by atoms with E-state index >= 15 is 0 Å². The fraction of sp³-hybridized carbons (Fsp3) is 0.318. The highest BCUT2D eigenvalue weighted by atomic mass is 16.5. The van der Waals surface area contributed by atoms with Gasteiger partial charge in [0.1, 0.15) is 11.6 Å². The first-order valence-electron chi connectivity index (χ1n) is 9.83. The number of nitrogens with zero attached hydrogens (tertiary/aromatic N) is 3. The topological polar surface area (TPSA) is 75.9 Å². The van der Waals surface area contributed by atoms with Crippen molar-refractivity contribution in [2.75, 3.05) is 17.2 Å². The van der Waals surface area contributed by atoms with Crippen LogP contribution in [-0.4, -0.2) is 21.7 Å². The number of anilines is 3. The quantitative estimate of drug-likeness (QED) is 0.532. The fourth-order valence-electron chi connectivity index (χ4n) is 3.37. The van der Waals surface area contributed by atoms with Crippen LogP contribution in [0.25, 0.3) is 11.3 Å². The Balaban J connectivity index is 1.53. The molecule has 4 rings (SSSR count). The number of allylic oxidation sites excluding steroid dienone is 1. The van der Waals surface area contributed by atoms with Gasteiger partial charge in [-0.25, -0.2) is 4.98 Å². The highest BCUT2D eigenvalue weighted by molar-refractivity contribution is 5.65. The molecular formula is C22H25N5O. The van der Waals surface area contributed by atoms with Gasteiger partial charge >= 0.3 is 0 Å². The van der Waals surface area contributed by atoms with E-state index in [9.17, 15) is 0 Å². The summed E-state index contributed by atoms with van der Waals surface area (Å²) in [6, 6.07) is 13.9. The van der Waals surface area contributed by atoms with Crippen molar-refractivity contribution < 1.29 is 4.52 Å². The third-order valence-corrected chi connectivity index (χ3v) is 4.80. The molecule has 6 nitrogen and oxygen atoms in total. The fourth-order valence-corrected chi connectivity index (χ4v) is 3.37. The van der Waals surface area contributed by atoms with E-state index in [1.165, 1.54) is 25.7 Å². The van der Waals surface area contributed by atoms with Crippen LogP contribution in [0.2, 0.25) is 0 Å². The van der Waals surface area contributed by atoms with E-state index in [-0.39, 0.29) is 0 Å². The van der Waals surface area contributed by atoms with Crippen LogP contribution in [0.4, 0.5) is 17.6 Å². The van der Waals surface area contributed by atoms with E-state index < -0.39 is 0 Å². The number of benzene rings is 1. The molecule has 2 N–H and O–H groups in total. The normalized spacial score (nSPS) is 13.8. The predicted octanol–water partition coefficient (Wildman–Crippen LogP) is 5.49. The summed E-state index contributed by atoms with van der Waals surface area (Å²) in [5, 5.41) is 10.6. The lowest BCUT2D eigenvalue weighted by atomic mass is 9.97.